The van der Waals surface area contributed by atoms with E-state index in [-0.39, 0.29) is 11.5 Å². The molecule has 2 N–H and O–H groups in total. The summed E-state index contributed by atoms with van der Waals surface area (Å²) < 4.78 is 27.3. The van der Waals surface area contributed by atoms with Gasteiger partial charge in [0.15, 0.2) is 0 Å². The predicted molar refractivity (Wildman–Crippen MR) is 75.1 cm³/mol. The van der Waals surface area contributed by atoms with Gasteiger partial charge in [-0.1, -0.05) is 19.3 Å². The van der Waals surface area contributed by atoms with Crippen molar-refractivity contribution in [1.29, 1.82) is 0 Å². The summed E-state index contributed by atoms with van der Waals surface area (Å²) in [6.07, 6.45) is 4.62. The van der Waals surface area contributed by atoms with Crippen LogP contribution < -0.4 is 4.72 Å². The van der Waals surface area contributed by atoms with Crippen LogP contribution in [0.1, 0.15) is 30.6 Å². The van der Waals surface area contributed by atoms with Gasteiger partial charge >= 0.3 is 0 Å². The van der Waals surface area contributed by atoms with Crippen molar-refractivity contribution in [2.75, 3.05) is 6.54 Å². The van der Waals surface area contributed by atoms with Crippen molar-refractivity contribution >= 4 is 37.3 Å². The number of nitrogens with one attached hydrogen (secondary N) is 1. The van der Waals surface area contributed by atoms with Crippen molar-refractivity contribution in [2.24, 2.45) is 5.92 Å². The van der Waals surface area contributed by atoms with Crippen molar-refractivity contribution in [3.8, 4) is 0 Å². The van der Waals surface area contributed by atoms with E-state index in [0.29, 0.717) is 21.1 Å². The maximum absolute atomic E-state index is 12.1. The molecule has 0 radical (unpaired) electrons. The van der Waals surface area contributed by atoms with Crippen LogP contribution in [-0.2, 0) is 16.6 Å². The zero-order chi connectivity index (χ0) is 13.2. The van der Waals surface area contributed by atoms with E-state index in [9.17, 15) is 8.42 Å². The molecule has 1 heterocycles. The van der Waals surface area contributed by atoms with E-state index in [4.69, 9.17) is 5.11 Å². The molecular weight excluding hydrogens is 338 g/mol. The molecule has 1 saturated carbocycles. The molecule has 1 fully saturated rings. The average molecular weight is 354 g/mol. The molecule has 102 valence electrons. The van der Waals surface area contributed by atoms with E-state index in [0.717, 1.165) is 6.42 Å². The molecule has 0 atom stereocenters. The average Bonchev–Trinajstić information content (AvgIpc) is 2.64. The summed E-state index contributed by atoms with van der Waals surface area (Å²) >= 11 is 4.47. The Morgan fingerprint density at radius 3 is 2.72 bits per heavy atom. The van der Waals surface area contributed by atoms with Gasteiger partial charge in [0, 0.05) is 11.4 Å². The smallest absolute Gasteiger partial charge is 0.242 e. The number of halogens is 1. The number of hydrogen-bond donors (Lipinski definition) is 2. The van der Waals surface area contributed by atoms with Gasteiger partial charge in [-0.25, -0.2) is 13.1 Å². The summed E-state index contributed by atoms with van der Waals surface area (Å²) in [4.78, 5) is 0.867. The van der Waals surface area contributed by atoms with Gasteiger partial charge in [-0.05, 0) is 34.3 Å². The zero-order valence-electron chi connectivity index (χ0n) is 9.86. The number of hydrogen-bond acceptors (Lipinski definition) is 4. The van der Waals surface area contributed by atoms with E-state index >= 15 is 0 Å². The molecule has 0 bridgehead atoms. The lowest BCUT2D eigenvalue weighted by Crippen LogP contribution is -2.27. The molecule has 0 spiro atoms. The Balaban J connectivity index is 1.97. The molecule has 1 aliphatic rings. The van der Waals surface area contributed by atoms with Crippen LogP contribution in [0.25, 0.3) is 0 Å². The second-order valence-corrected chi connectivity index (χ2v) is 8.68. The van der Waals surface area contributed by atoms with Gasteiger partial charge < -0.3 is 5.11 Å². The molecule has 0 saturated heterocycles. The van der Waals surface area contributed by atoms with Crippen molar-refractivity contribution < 1.29 is 13.5 Å². The minimum absolute atomic E-state index is 0.138. The van der Waals surface area contributed by atoms with Crippen LogP contribution in [0.5, 0.6) is 0 Å². The summed E-state index contributed by atoms with van der Waals surface area (Å²) in [5.74, 6) is 0.687. The van der Waals surface area contributed by atoms with Gasteiger partial charge in [-0.2, -0.15) is 0 Å². The Bertz CT molecular complexity index is 508. The number of sulfonamides is 1. The van der Waals surface area contributed by atoms with Crippen LogP contribution in [0.3, 0.4) is 0 Å². The van der Waals surface area contributed by atoms with Crippen LogP contribution in [-0.4, -0.2) is 20.1 Å². The van der Waals surface area contributed by atoms with E-state index < -0.39 is 10.0 Å². The summed E-state index contributed by atoms with van der Waals surface area (Å²) in [6, 6.07) is 1.51. The Labute approximate surface area is 120 Å². The summed E-state index contributed by atoms with van der Waals surface area (Å²) in [7, 11) is -3.46. The largest absolute Gasteiger partial charge is 0.391 e. The molecule has 0 unspecified atom stereocenters. The van der Waals surface area contributed by atoms with Crippen LogP contribution in [0.2, 0.25) is 0 Å². The highest BCUT2D eigenvalue weighted by Gasteiger charge is 2.22. The molecule has 1 aromatic rings. The fourth-order valence-electron chi connectivity index (χ4n) is 1.92. The standard InChI is InChI=1S/C11H16BrNO3S2/c12-11-10(6-9(7-14)17-11)18(15,16)13-5-4-8-2-1-3-8/h6,8,13-14H,1-5,7H2. The van der Waals surface area contributed by atoms with Crippen LogP contribution >= 0.6 is 27.3 Å². The Morgan fingerprint density at radius 2 is 2.22 bits per heavy atom. The Kier molecular flexibility index (Phi) is 4.82. The number of aliphatic hydroxyl groups excluding tert-OH is 1. The molecule has 1 aliphatic carbocycles. The van der Waals surface area contributed by atoms with Crippen LogP contribution in [0.4, 0.5) is 0 Å². The third-order valence-electron chi connectivity index (χ3n) is 3.22. The highest BCUT2D eigenvalue weighted by atomic mass is 79.9. The van der Waals surface area contributed by atoms with Crippen molar-refractivity contribution in [3.63, 3.8) is 0 Å². The van der Waals surface area contributed by atoms with Crippen LogP contribution in [0, 0.1) is 5.92 Å². The number of rotatable bonds is 6. The molecule has 2 rings (SSSR count). The third kappa shape index (κ3) is 3.33. The Morgan fingerprint density at radius 1 is 1.50 bits per heavy atom. The molecule has 1 aromatic heterocycles. The van der Waals surface area contributed by atoms with Crippen LogP contribution in [0.15, 0.2) is 14.7 Å². The van der Waals surface area contributed by atoms with E-state index in [2.05, 4.69) is 20.7 Å². The van der Waals surface area contributed by atoms with Gasteiger partial charge in [-0.15, -0.1) is 11.3 Å². The molecule has 0 amide bonds. The predicted octanol–water partition coefficient (Wildman–Crippen LogP) is 2.47. The Hall–Kier alpha value is 0.0500. The van der Waals surface area contributed by atoms with Crippen molar-refractivity contribution in [1.82, 2.24) is 4.72 Å². The first-order chi connectivity index (χ1) is 8.53. The maximum atomic E-state index is 12.1. The third-order valence-corrected chi connectivity index (χ3v) is 6.92. The lowest BCUT2D eigenvalue weighted by molar-refractivity contribution is 0.285. The highest BCUT2D eigenvalue weighted by Crippen LogP contribution is 2.32. The lowest BCUT2D eigenvalue weighted by atomic mass is 9.83. The maximum Gasteiger partial charge on any atom is 0.242 e. The van der Waals surface area contributed by atoms with E-state index in [1.807, 2.05) is 0 Å². The fraction of sp³-hybridized carbons (Fsp3) is 0.636. The van der Waals surface area contributed by atoms with Crippen molar-refractivity contribution in [3.05, 3.63) is 14.7 Å². The van der Waals surface area contributed by atoms with Gasteiger partial charge in [0.2, 0.25) is 10.0 Å². The number of aliphatic hydroxyl groups is 1. The van der Waals surface area contributed by atoms with E-state index in [1.165, 1.54) is 36.7 Å². The summed E-state index contributed by atoms with van der Waals surface area (Å²) in [5.41, 5.74) is 0. The molecule has 4 nitrogen and oxygen atoms in total. The summed E-state index contributed by atoms with van der Waals surface area (Å²) in [5, 5.41) is 9.00. The fourth-order valence-corrected chi connectivity index (χ4v) is 5.50. The molecule has 0 aliphatic heterocycles. The molecule has 18 heavy (non-hydrogen) atoms. The minimum Gasteiger partial charge on any atom is -0.391 e. The van der Waals surface area contributed by atoms with E-state index in [1.54, 1.807) is 0 Å². The lowest BCUT2D eigenvalue weighted by Gasteiger charge is -2.25. The second kappa shape index (κ2) is 6.00. The first kappa shape index (κ1) is 14.5. The molecule has 0 aromatic carbocycles. The minimum atomic E-state index is -3.46. The van der Waals surface area contributed by atoms with Crippen molar-refractivity contribution in [2.45, 2.75) is 37.2 Å². The van der Waals surface area contributed by atoms with Gasteiger partial charge in [-0.3, -0.25) is 0 Å². The normalized spacial score (nSPS) is 16.8. The van der Waals surface area contributed by atoms with Gasteiger partial charge in [0.05, 0.1) is 10.4 Å². The topological polar surface area (TPSA) is 66.4 Å². The molecular formula is C11H16BrNO3S2. The molecule has 7 heteroatoms. The monoisotopic (exact) mass is 353 g/mol. The zero-order valence-corrected chi connectivity index (χ0v) is 13.1. The first-order valence-corrected chi connectivity index (χ1v) is 9.01. The van der Waals surface area contributed by atoms with Gasteiger partial charge in [0.25, 0.3) is 0 Å². The first-order valence-electron chi connectivity index (χ1n) is 5.91. The van der Waals surface area contributed by atoms with Gasteiger partial charge in [0.1, 0.15) is 4.90 Å². The second-order valence-electron chi connectivity index (χ2n) is 4.49. The SMILES string of the molecule is O=S(=O)(NCCC1CCC1)c1cc(CO)sc1Br. The quantitative estimate of drug-likeness (QED) is 0.825. The number of thiophene rings is 1. The summed E-state index contributed by atoms with van der Waals surface area (Å²) in [6.45, 7) is 0.352. The highest BCUT2D eigenvalue weighted by molar-refractivity contribution is 9.11.